The average molecular weight is 354 g/mol. The van der Waals surface area contributed by atoms with Crippen LogP contribution in [0, 0.1) is 4.91 Å². The smallest absolute Gasteiger partial charge is 0.338 e. The summed E-state index contributed by atoms with van der Waals surface area (Å²) in [5, 5.41) is 22.0. The maximum atomic E-state index is 12.1. The van der Waals surface area contributed by atoms with E-state index in [0.717, 1.165) is 13.2 Å². The topological polar surface area (TPSA) is 113 Å². The molecule has 0 aromatic heterocycles. The Bertz CT molecular complexity index is 833. The van der Waals surface area contributed by atoms with Crippen LogP contribution in [0.3, 0.4) is 0 Å². The van der Waals surface area contributed by atoms with Gasteiger partial charge in [0.15, 0.2) is 17.2 Å². The lowest BCUT2D eigenvalue weighted by Gasteiger charge is -2.02. The monoisotopic (exact) mass is 353 g/mol. The second-order valence-electron chi connectivity index (χ2n) is 4.06. The zero-order valence-corrected chi connectivity index (χ0v) is 12.2. The number of ether oxygens (including phenoxy) is 1. The van der Waals surface area contributed by atoms with E-state index in [4.69, 9.17) is 0 Å². The van der Waals surface area contributed by atoms with Crippen molar-refractivity contribution in [1.29, 1.82) is 0 Å². The Hall–Kier alpha value is -2.48. The highest BCUT2D eigenvalue weighted by molar-refractivity contribution is 9.10. The summed E-state index contributed by atoms with van der Waals surface area (Å²) in [4.78, 5) is 34.6. The van der Waals surface area contributed by atoms with E-state index in [1.165, 1.54) is 12.1 Å². The van der Waals surface area contributed by atoms with Gasteiger partial charge in [0, 0.05) is 0 Å². The Morgan fingerprint density at radius 1 is 1.29 bits per heavy atom. The zero-order valence-electron chi connectivity index (χ0n) is 10.6. The minimum Gasteiger partial charge on any atom is -0.504 e. The van der Waals surface area contributed by atoms with Crippen LogP contribution in [0.1, 0.15) is 10.4 Å². The lowest BCUT2D eigenvalue weighted by Crippen LogP contribution is -2.00. The minimum atomic E-state index is -0.933. The highest BCUT2D eigenvalue weighted by atomic mass is 79.9. The van der Waals surface area contributed by atoms with E-state index in [2.05, 4.69) is 25.8 Å². The number of fused-ring (bicyclic) bond motifs is 1. The van der Waals surface area contributed by atoms with Crippen molar-refractivity contribution >= 4 is 38.4 Å². The van der Waals surface area contributed by atoms with Gasteiger partial charge >= 0.3 is 5.97 Å². The molecular formula is C13H8BrNO6. The first-order valence-electron chi connectivity index (χ1n) is 5.55. The Kier molecular flexibility index (Phi) is 3.90. The van der Waals surface area contributed by atoms with Gasteiger partial charge in [-0.15, -0.1) is 4.91 Å². The average Bonchev–Trinajstić information content (AvgIpc) is 2.58. The second kappa shape index (κ2) is 5.49. The third kappa shape index (κ3) is 2.45. The first-order chi connectivity index (χ1) is 9.90. The number of rotatable bonds is 2. The number of hydrogen-bond donors (Lipinski definition) is 2. The lowest BCUT2D eigenvalue weighted by molar-refractivity contribution is 0.0600. The Morgan fingerprint density at radius 3 is 2.52 bits per heavy atom. The highest BCUT2D eigenvalue weighted by Gasteiger charge is 2.18. The van der Waals surface area contributed by atoms with E-state index in [9.17, 15) is 24.7 Å². The lowest BCUT2D eigenvalue weighted by atomic mass is 10.1. The molecule has 0 fully saturated rings. The van der Waals surface area contributed by atoms with Gasteiger partial charge in [-0.2, -0.15) is 0 Å². The fourth-order valence-electron chi connectivity index (χ4n) is 1.87. The number of halogens is 1. The van der Waals surface area contributed by atoms with Gasteiger partial charge in [0.1, 0.15) is 0 Å². The number of carbonyl (C=O) groups excluding carboxylic acids is 1. The molecule has 0 atom stereocenters. The normalized spacial score (nSPS) is 10.4. The summed E-state index contributed by atoms with van der Waals surface area (Å²) >= 11 is 3.02. The molecule has 21 heavy (non-hydrogen) atoms. The quantitative estimate of drug-likeness (QED) is 0.633. The third-order valence-corrected chi connectivity index (χ3v) is 3.44. The van der Waals surface area contributed by atoms with Crippen LogP contribution in [0.4, 0.5) is 5.69 Å². The van der Waals surface area contributed by atoms with Crippen LogP contribution in [0.15, 0.2) is 32.6 Å². The number of methoxy groups -OCH3 is 1. The highest BCUT2D eigenvalue weighted by Crippen LogP contribution is 2.40. The summed E-state index contributed by atoms with van der Waals surface area (Å²) in [6.07, 6.45) is 0. The van der Waals surface area contributed by atoms with E-state index in [0.29, 0.717) is 0 Å². The molecule has 0 amide bonds. The molecule has 0 aliphatic heterocycles. The molecule has 0 saturated carbocycles. The summed E-state index contributed by atoms with van der Waals surface area (Å²) in [6, 6.07) is 3.50. The standard InChI is InChI=1S/C13H8BrNO6/c1-21-13(19)6-2-5-3-7(14)11(17)10(15-20)9(5)12(18)8(16)4-6/h2-4,17H,1H3,(H,16,18). The summed E-state index contributed by atoms with van der Waals surface area (Å²) in [7, 11) is 1.15. The Balaban J connectivity index is 3.09. The van der Waals surface area contributed by atoms with Crippen molar-refractivity contribution in [3.63, 3.8) is 0 Å². The molecule has 0 unspecified atom stereocenters. The molecular weight excluding hydrogens is 346 g/mol. The molecule has 7 nitrogen and oxygen atoms in total. The van der Waals surface area contributed by atoms with Crippen molar-refractivity contribution < 1.29 is 19.7 Å². The summed E-state index contributed by atoms with van der Waals surface area (Å²) in [5.74, 6) is -2.07. The molecule has 0 heterocycles. The molecule has 0 aliphatic carbocycles. The predicted molar refractivity (Wildman–Crippen MR) is 78.0 cm³/mol. The van der Waals surface area contributed by atoms with Crippen molar-refractivity contribution in [1.82, 2.24) is 0 Å². The molecule has 8 heteroatoms. The van der Waals surface area contributed by atoms with E-state index >= 15 is 0 Å². The number of phenols is 1. The first kappa shape index (κ1) is 14.9. The van der Waals surface area contributed by atoms with Crippen LogP contribution in [-0.2, 0) is 4.74 Å². The van der Waals surface area contributed by atoms with E-state index in [1.807, 2.05) is 0 Å². The maximum absolute atomic E-state index is 12.1. The summed E-state index contributed by atoms with van der Waals surface area (Å²) < 4.78 is 4.65. The van der Waals surface area contributed by atoms with Crippen molar-refractivity contribution in [3.05, 3.63) is 43.4 Å². The van der Waals surface area contributed by atoms with Crippen LogP contribution in [-0.4, -0.2) is 23.3 Å². The van der Waals surface area contributed by atoms with Gasteiger partial charge in [0.2, 0.25) is 5.43 Å². The van der Waals surface area contributed by atoms with Gasteiger partial charge < -0.3 is 14.9 Å². The number of phenolic OH excluding ortho intramolecular Hbond substituents is 1. The number of esters is 1. The Labute approximate surface area is 125 Å². The summed E-state index contributed by atoms with van der Waals surface area (Å²) in [6.45, 7) is 0. The molecule has 108 valence electrons. The van der Waals surface area contributed by atoms with Crippen LogP contribution < -0.4 is 5.43 Å². The molecule has 2 rings (SSSR count). The molecule has 2 aromatic carbocycles. The molecule has 0 radical (unpaired) electrons. The minimum absolute atomic E-state index is 0.0865. The van der Waals surface area contributed by atoms with Gasteiger partial charge in [-0.1, -0.05) is 0 Å². The van der Waals surface area contributed by atoms with Gasteiger partial charge in [0.25, 0.3) is 0 Å². The Morgan fingerprint density at radius 2 is 1.95 bits per heavy atom. The molecule has 0 saturated heterocycles. The van der Waals surface area contributed by atoms with Crippen molar-refractivity contribution in [2.75, 3.05) is 7.11 Å². The SMILES string of the molecule is COC(=O)c1cc(O)c(=O)c2c(N=O)c(O)c(Br)cc2c1. The van der Waals surface area contributed by atoms with Crippen LogP contribution >= 0.6 is 15.9 Å². The third-order valence-electron chi connectivity index (χ3n) is 2.83. The van der Waals surface area contributed by atoms with Crippen molar-refractivity contribution in [2.24, 2.45) is 5.18 Å². The van der Waals surface area contributed by atoms with Crippen molar-refractivity contribution in [3.8, 4) is 11.5 Å². The van der Waals surface area contributed by atoms with Gasteiger partial charge in [0.05, 0.1) is 22.5 Å². The predicted octanol–water partition coefficient (Wildman–Crippen LogP) is 2.56. The molecule has 0 aliphatic rings. The number of hydrogen-bond acceptors (Lipinski definition) is 7. The molecule has 0 spiro atoms. The zero-order chi connectivity index (χ0) is 15.7. The fraction of sp³-hybridized carbons (Fsp3) is 0.0769. The number of aromatic hydroxyl groups is 2. The summed E-state index contributed by atoms with van der Waals surface area (Å²) in [5.41, 5.74) is -1.54. The van der Waals surface area contributed by atoms with Crippen LogP contribution in [0.25, 0.3) is 10.8 Å². The number of benzene rings is 1. The first-order valence-corrected chi connectivity index (χ1v) is 6.34. The molecule has 2 N–H and O–H groups in total. The molecule has 2 aromatic rings. The molecule has 0 bridgehead atoms. The van der Waals surface area contributed by atoms with Gasteiger partial charge in [-0.3, -0.25) is 4.79 Å². The largest absolute Gasteiger partial charge is 0.504 e. The van der Waals surface area contributed by atoms with E-state index < -0.39 is 28.6 Å². The number of nitrogens with zero attached hydrogens (tertiary/aromatic N) is 1. The van der Waals surface area contributed by atoms with Crippen LogP contribution in [0.2, 0.25) is 0 Å². The van der Waals surface area contributed by atoms with E-state index in [-0.39, 0.29) is 20.8 Å². The van der Waals surface area contributed by atoms with Crippen molar-refractivity contribution in [2.45, 2.75) is 0 Å². The fourth-order valence-corrected chi connectivity index (χ4v) is 2.31. The number of nitroso groups, excluding NO2 is 1. The number of carbonyl (C=O) groups is 1. The maximum Gasteiger partial charge on any atom is 0.338 e. The van der Waals surface area contributed by atoms with Gasteiger partial charge in [-0.25, -0.2) is 4.79 Å². The van der Waals surface area contributed by atoms with E-state index in [1.54, 1.807) is 0 Å². The van der Waals surface area contributed by atoms with Crippen LogP contribution in [0.5, 0.6) is 11.5 Å². The second-order valence-corrected chi connectivity index (χ2v) is 4.92. The van der Waals surface area contributed by atoms with Gasteiger partial charge in [-0.05, 0) is 44.7 Å².